The Bertz CT molecular complexity index is 344. The Morgan fingerprint density at radius 3 is 2.20 bits per heavy atom. The molecule has 0 atom stereocenters. The second-order valence-corrected chi connectivity index (χ2v) is 4.77. The quantitative estimate of drug-likeness (QED) is 0.681. The summed E-state index contributed by atoms with van der Waals surface area (Å²) >= 11 is 0. The zero-order valence-electron chi connectivity index (χ0n) is 9.49. The number of carbonyl (C=O) groups is 1. The molecule has 1 saturated carbocycles. The molecule has 0 N–H and O–H groups in total. The van der Waals surface area contributed by atoms with Crippen LogP contribution in [0.4, 0.5) is 0 Å². The van der Waals surface area contributed by atoms with Crippen molar-refractivity contribution in [1.82, 2.24) is 0 Å². The van der Waals surface area contributed by atoms with E-state index in [2.05, 4.69) is 12.1 Å². The average Bonchev–Trinajstić information content (AvgIpc) is 2.15. The Morgan fingerprint density at radius 2 is 1.80 bits per heavy atom. The average molecular weight is 202 g/mol. The van der Waals surface area contributed by atoms with Crippen LogP contribution in [0.1, 0.15) is 54.9 Å². The third-order valence-corrected chi connectivity index (χ3v) is 3.30. The van der Waals surface area contributed by atoms with Crippen LogP contribution in [-0.2, 0) is 0 Å². The third kappa shape index (κ3) is 2.11. The minimum Gasteiger partial charge on any atom is -0.294 e. The molecule has 0 unspecified atom stereocenters. The molecular weight excluding hydrogens is 184 g/mol. The van der Waals surface area contributed by atoms with Gasteiger partial charge in [0.05, 0.1) is 0 Å². The van der Waals surface area contributed by atoms with Crippen LogP contribution in [-0.4, -0.2) is 5.78 Å². The highest BCUT2D eigenvalue weighted by atomic mass is 16.1. The normalized spacial score (nSPS) is 16.5. The SMILES string of the molecule is CC(C)C(=O)c1ccc(C2CCC2)cc1. The third-order valence-electron chi connectivity index (χ3n) is 3.30. The van der Waals surface area contributed by atoms with Gasteiger partial charge in [0, 0.05) is 11.5 Å². The lowest BCUT2D eigenvalue weighted by atomic mass is 9.80. The van der Waals surface area contributed by atoms with Crippen molar-refractivity contribution in [2.24, 2.45) is 5.92 Å². The minimum atomic E-state index is 0.0968. The van der Waals surface area contributed by atoms with Crippen LogP contribution in [0.3, 0.4) is 0 Å². The summed E-state index contributed by atoms with van der Waals surface area (Å²) in [5.74, 6) is 1.10. The van der Waals surface area contributed by atoms with Crippen LogP contribution >= 0.6 is 0 Å². The van der Waals surface area contributed by atoms with Crippen molar-refractivity contribution in [3.63, 3.8) is 0 Å². The van der Waals surface area contributed by atoms with Crippen molar-refractivity contribution in [3.8, 4) is 0 Å². The number of Topliss-reactive ketones (excluding diaryl/α,β-unsaturated/α-hetero) is 1. The molecule has 0 aliphatic heterocycles. The summed E-state index contributed by atoms with van der Waals surface area (Å²) in [5.41, 5.74) is 2.26. The second kappa shape index (κ2) is 4.18. The number of ketones is 1. The molecule has 0 aromatic heterocycles. The Hall–Kier alpha value is -1.11. The molecule has 0 heterocycles. The summed E-state index contributed by atoms with van der Waals surface area (Å²) in [4.78, 5) is 11.7. The van der Waals surface area contributed by atoms with Gasteiger partial charge in [-0.05, 0) is 24.3 Å². The summed E-state index contributed by atoms with van der Waals surface area (Å²) in [6.45, 7) is 3.89. The van der Waals surface area contributed by atoms with E-state index in [1.165, 1.54) is 24.8 Å². The van der Waals surface area contributed by atoms with Crippen molar-refractivity contribution >= 4 is 5.78 Å². The lowest BCUT2D eigenvalue weighted by molar-refractivity contribution is 0.0939. The maximum absolute atomic E-state index is 11.7. The standard InChI is InChI=1S/C14H18O/c1-10(2)14(15)13-8-6-12(7-9-13)11-4-3-5-11/h6-11H,3-5H2,1-2H3. The molecule has 15 heavy (non-hydrogen) atoms. The Morgan fingerprint density at radius 1 is 1.20 bits per heavy atom. The van der Waals surface area contributed by atoms with E-state index in [0.29, 0.717) is 0 Å². The van der Waals surface area contributed by atoms with Crippen molar-refractivity contribution in [1.29, 1.82) is 0 Å². The fourth-order valence-electron chi connectivity index (χ4n) is 1.99. The maximum atomic E-state index is 11.7. The van der Waals surface area contributed by atoms with Gasteiger partial charge in [-0.3, -0.25) is 4.79 Å². The molecule has 1 heteroatoms. The van der Waals surface area contributed by atoms with Crippen LogP contribution in [0.5, 0.6) is 0 Å². The molecule has 1 aromatic rings. The molecule has 0 spiro atoms. The molecule has 0 saturated heterocycles. The van der Waals surface area contributed by atoms with E-state index in [1.807, 2.05) is 26.0 Å². The van der Waals surface area contributed by atoms with Gasteiger partial charge in [0.15, 0.2) is 5.78 Å². The molecular formula is C14H18O. The smallest absolute Gasteiger partial charge is 0.165 e. The van der Waals surface area contributed by atoms with Crippen LogP contribution in [0.25, 0.3) is 0 Å². The van der Waals surface area contributed by atoms with Gasteiger partial charge in [-0.2, -0.15) is 0 Å². The van der Waals surface area contributed by atoms with E-state index < -0.39 is 0 Å². The van der Waals surface area contributed by atoms with Crippen molar-refractivity contribution < 1.29 is 4.79 Å². The van der Waals surface area contributed by atoms with Crippen LogP contribution in [0.2, 0.25) is 0 Å². The highest BCUT2D eigenvalue weighted by Gasteiger charge is 2.19. The van der Waals surface area contributed by atoms with E-state index in [4.69, 9.17) is 0 Å². The van der Waals surface area contributed by atoms with Crippen LogP contribution in [0.15, 0.2) is 24.3 Å². The molecule has 1 fully saturated rings. The van der Waals surface area contributed by atoms with E-state index >= 15 is 0 Å². The minimum absolute atomic E-state index is 0.0968. The van der Waals surface area contributed by atoms with E-state index in [1.54, 1.807) is 0 Å². The van der Waals surface area contributed by atoms with Crippen molar-refractivity contribution in [2.75, 3.05) is 0 Å². The van der Waals surface area contributed by atoms with E-state index in [0.717, 1.165) is 11.5 Å². The number of benzene rings is 1. The van der Waals surface area contributed by atoms with E-state index in [-0.39, 0.29) is 11.7 Å². The highest BCUT2D eigenvalue weighted by molar-refractivity contribution is 5.97. The Balaban J connectivity index is 2.12. The molecule has 1 aliphatic rings. The van der Waals surface area contributed by atoms with Gasteiger partial charge in [-0.25, -0.2) is 0 Å². The van der Waals surface area contributed by atoms with Gasteiger partial charge in [0.2, 0.25) is 0 Å². The lowest BCUT2D eigenvalue weighted by Crippen LogP contribution is -2.10. The number of hydrogen-bond acceptors (Lipinski definition) is 1. The van der Waals surface area contributed by atoms with Crippen molar-refractivity contribution in [3.05, 3.63) is 35.4 Å². The first-order valence-corrected chi connectivity index (χ1v) is 5.82. The fraction of sp³-hybridized carbons (Fsp3) is 0.500. The summed E-state index contributed by atoms with van der Waals surface area (Å²) in [7, 11) is 0. The number of carbonyl (C=O) groups excluding carboxylic acids is 1. The molecule has 80 valence electrons. The number of hydrogen-bond donors (Lipinski definition) is 0. The predicted octanol–water partition coefficient (Wildman–Crippen LogP) is 3.79. The molecule has 1 nitrogen and oxygen atoms in total. The zero-order chi connectivity index (χ0) is 10.8. The predicted molar refractivity (Wildman–Crippen MR) is 62.2 cm³/mol. The van der Waals surface area contributed by atoms with E-state index in [9.17, 15) is 4.79 Å². The topological polar surface area (TPSA) is 17.1 Å². The lowest BCUT2D eigenvalue weighted by Gasteiger charge is -2.25. The fourth-order valence-corrected chi connectivity index (χ4v) is 1.99. The summed E-state index contributed by atoms with van der Waals surface area (Å²) in [5, 5.41) is 0. The summed E-state index contributed by atoms with van der Waals surface area (Å²) in [6, 6.07) is 8.21. The highest BCUT2D eigenvalue weighted by Crippen LogP contribution is 2.36. The molecule has 0 amide bonds. The first-order valence-electron chi connectivity index (χ1n) is 5.82. The largest absolute Gasteiger partial charge is 0.294 e. The molecule has 0 radical (unpaired) electrons. The van der Waals surface area contributed by atoms with Gasteiger partial charge in [-0.1, -0.05) is 44.5 Å². The first-order chi connectivity index (χ1) is 7.18. The van der Waals surface area contributed by atoms with Crippen LogP contribution < -0.4 is 0 Å². The van der Waals surface area contributed by atoms with Gasteiger partial charge in [-0.15, -0.1) is 0 Å². The molecule has 0 bridgehead atoms. The molecule has 1 aliphatic carbocycles. The Kier molecular flexibility index (Phi) is 2.90. The van der Waals surface area contributed by atoms with Gasteiger partial charge in [0.25, 0.3) is 0 Å². The Labute approximate surface area is 91.5 Å². The summed E-state index contributed by atoms with van der Waals surface area (Å²) in [6.07, 6.45) is 3.99. The second-order valence-electron chi connectivity index (χ2n) is 4.77. The molecule has 2 rings (SSSR count). The monoisotopic (exact) mass is 202 g/mol. The number of rotatable bonds is 3. The zero-order valence-corrected chi connectivity index (χ0v) is 9.49. The van der Waals surface area contributed by atoms with Crippen LogP contribution in [0, 0.1) is 5.92 Å². The van der Waals surface area contributed by atoms with Gasteiger partial charge in [0.1, 0.15) is 0 Å². The van der Waals surface area contributed by atoms with Crippen molar-refractivity contribution in [2.45, 2.75) is 39.0 Å². The maximum Gasteiger partial charge on any atom is 0.165 e. The van der Waals surface area contributed by atoms with Gasteiger partial charge >= 0.3 is 0 Å². The molecule has 1 aromatic carbocycles. The van der Waals surface area contributed by atoms with Gasteiger partial charge < -0.3 is 0 Å². The first kappa shape index (κ1) is 10.4. The summed E-state index contributed by atoms with van der Waals surface area (Å²) < 4.78 is 0.